The van der Waals surface area contributed by atoms with Crippen LogP contribution < -0.4 is 10.2 Å². The standard InChI is InChI=1S/C25H22ClF5N6O2/c1-13(36-39-16-10-20(25(29,30)31)34-21(26)11-16)17-12-32-14(2)33-22(17)15-6-8-37(9-7-15)24(38)35-23-18(27)4-3-5-19(23)28/h3-5,10-12,15H,6-9H2,1-2H3,(H,35,38)/b36-13+. The third kappa shape index (κ3) is 6.77. The molecule has 1 aromatic carbocycles. The molecular formula is C25H22ClF5N6O2. The molecule has 3 heterocycles. The number of piperidine rings is 1. The van der Waals surface area contributed by atoms with Crippen LogP contribution in [0.4, 0.5) is 32.4 Å². The number of carbonyl (C=O) groups excluding carboxylic acids is 1. The maximum absolute atomic E-state index is 13.9. The molecule has 0 saturated carbocycles. The summed E-state index contributed by atoms with van der Waals surface area (Å²) in [5, 5.41) is 5.84. The fourth-order valence-electron chi connectivity index (χ4n) is 4.08. The molecule has 0 atom stereocenters. The van der Waals surface area contributed by atoms with Crippen LogP contribution >= 0.6 is 11.6 Å². The molecule has 2 aromatic heterocycles. The minimum absolute atomic E-state index is 0.117. The first-order valence-corrected chi connectivity index (χ1v) is 12.1. The van der Waals surface area contributed by atoms with Crippen LogP contribution in [0.2, 0.25) is 5.15 Å². The number of rotatable bonds is 5. The minimum atomic E-state index is -4.71. The molecule has 1 aliphatic rings. The average molecular weight is 569 g/mol. The van der Waals surface area contributed by atoms with Crippen molar-refractivity contribution < 1.29 is 31.6 Å². The maximum Gasteiger partial charge on any atom is 0.433 e. The van der Waals surface area contributed by atoms with Gasteiger partial charge in [-0.15, -0.1) is 0 Å². The van der Waals surface area contributed by atoms with Gasteiger partial charge in [-0.25, -0.2) is 28.5 Å². The van der Waals surface area contributed by atoms with Crippen molar-refractivity contribution in [2.75, 3.05) is 18.4 Å². The van der Waals surface area contributed by atoms with Gasteiger partial charge in [0, 0.05) is 42.9 Å². The van der Waals surface area contributed by atoms with Crippen LogP contribution in [0.1, 0.15) is 48.5 Å². The van der Waals surface area contributed by atoms with Gasteiger partial charge < -0.3 is 15.1 Å². The number of para-hydroxylation sites is 1. The normalized spacial score (nSPS) is 14.9. The van der Waals surface area contributed by atoms with E-state index in [1.807, 2.05) is 0 Å². The Labute approximate surface area is 224 Å². The number of benzene rings is 1. The lowest BCUT2D eigenvalue weighted by Gasteiger charge is -2.32. The van der Waals surface area contributed by atoms with Crippen LogP contribution in [-0.2, 0) is 6.18 Å². The zero-order valence-corrected chi connectivity index (χ0v) is 21.4. The van der Waals surface area contributed by atoms with Crippen LogP contribution in [0.15, 0.2) is 41.7 Å². The smallest absolute Gasteiger partial charge is 0.357 e. The second kappa shape index (κ2) is 11.5. The third-order valence-corrected chi connectivity index (χ3v) is 6.23. The fourth-order valence-corrected chi connectivity index (χ4v) is 4.28. The second-order valence-electron chi connectivity index (χ2n) is 8.78. The van der Waals surface area contributed by atoms with Crippen molar-refractivity contribution in [3.8, 4) is 5.75 Å². The number of nitrogens with zero attached hydrogens (tertiary/aromatic N) is 5. The lowest BCUT2D eigenvalue weighted by molar-refractivity contribution is -0.141. The number of hydrogen-bond acceptors (Lipinski definition) is 6. The molecule has 4 rings (SSSR count). The summed E-state index contributed by atoms with van der Waals surface area (Å²) >= 11 is 5.70. The summed E-state index contributed by atoms with van der Waals surface area (Å²) in [7, 11) is 0. The molecule has 14 heteroatoms. The Hall–Kier alpha value is -3.87. The van der Waals surface area contributed by atoms with Crippen molar-refractivity contribution in [1.82, 2.24) is 19.9 Å². The van der Waals surface area contributed by atoms with Crippen LogP contribution in [-0.4, -0.2) is 44.7 Å². The number of nitrogens with one attached hydrogen (secondary N) is 1. The summed E-state index contributed by atoms with van der Waals surface area (Å²) in [6.07, 6.45) is -2.20. The van der Waals surface area contributed by atoms with Crippen LogP contribution in [0, 0.1) is 18.6 Å². The summed E-state index contributed by atoms with van der Waals surface area (Å²) in [5.41, 5.74) is -0.264. The van der Waals surface area contributed by atoms with E-state index in [0.717, 1.165) is 18.2 Å². The molecule has 1 fully saturated rings. The topological polar surface area (TPSA) is 92.6 Å². The zero-order chi connectivity index (χ0) is 28.3. The number of aryl methyl sites for hydroxylation is 1. The Morgan fingerprint density at radius 3 is 2.46 bits per heavy atom. The first kappa shape index (κ1) is 28.1. The highest BCUT2D eigenvalue weighted by molar-refractivity contribution is 6.29. The summed E-state index contributed by atoms with van der Waals surface area (Å²) < 4.78 is 66.9. The van der Waals surface area contributed by atoms with Crippen molar-refractivity contribution in [1.29, 1.82) is 0 Å². The molecule has 0 spiro atoms. The van der Waals surface area contributed by atoms with E-state index in [2.05, 4.69) is 25.4 Å². The van der Waals surface area contributed by atoms with E-state index in [1.54, 1.807) is 20.0 Å². The highest BCUT2D eigenvalue weighted by atomic mass is 35.5. The predicted molar refractivity (Wildman–Crippen MR) is 133 cm³/mol. The lowest BCUT2D eigenvalue weighted by Crippen LogP contribution is -2.41. The summed E-state index contributed by atoms with van der Waals surface area (Å²) in [4.78, 5) is 31.3. The van der Waals surface area contributed by atoms with Crippen LogP contribution in [0.3, 0.4) is 0 Å². The SMILES string of the molecule is C/C(=N\Oc1cc(Cl)nc(C(F)(F)F)c1)c1cnc(C)nc1C1CCN(C(=O)Nc2c(F)cccc2F)CC1. The highest BCUT2D eigenvalue weighted by Crippen LogP contribution is 2.33. The van der Waals surface area contributed by atoms with Gasteiger partial charge >= 0.3 is 12.2 Å². The fraction of sp³-hybridized carbons (Fsp3) is 0.320. The van der Waals surface area contributed by atoms with E-state index in [-0.39, 0.29) is 24.8 Å². The molecule has 206 valence electrons. The Balaban J connectivity index is 1.47. The molecule has 3 aromatic rings. The number of carbonyl (C=O) groups is 1. The number of anilines is 1. The quantitative estimate of drug-likeness (QED) is 0.168. The van der Waals surface area contributed by atoms with E-state index in [0.29, 0.717) is 41.7 Å². The third-order valence-electron chi connectivity index (χ3n) is 6.04. The minimum Gasteiger partial charge on any atom is -0.357 e. The molecule has 8 nitrogen and oxygen atoms in total. The molecule has 0 aliphatic carbocycles. The van der Waals surface area contributed by atoms with Gasteiger partial charge in [0.25, 0.3) is 0 Å². The number of amides is 2. The van der Waals surface area contributed by atoms with Gasteiger partial charge in [-0.3, -0.25) is 0 Å². The van der Waals surface area contributed by atoms with Crippen molar-refractivity contribution >= 4 is 29.0 Å². The Morgan fingerprint density at radius 2 is 1.82 bits per heavy atom. The number of urea groups is 1. The van der Waals surface area contributed by atoms with Gasteiger partial charge in [-0.2, -0.15) is 13.2 Å². The summed E-state index contributed by atoms with van der Waals surface area (Å²) in [6, 6.07) is 4.47. The van der Waals surface area contributed by atoms with Gasteiger partial charge in [0.2, 0.25) is 0 Å². The molecule has 39 heavy (non-hydrogen) atoms. The van der Waals surface area contributed by atoms with Gasteiger partial charge in [0.1, 0.15) is 34.0 Å². The molecule has 0 radical (unpaired) electrons. The number of aromatic nitrogens is 3. The molecule has 0 unspecified atom stereocenters. The highest BCUT2D eigenvalue weighted by Gasteiger charge is 2.33. The first-order valence-electron chi connectivity index (χ1n) is 11.7. The second-order valence-corrected chi connectivity index (χ2v) is 9.17. The van der Waals surface area contributed by atoms with E-state index >= 15 is 0 Å². The first-order chi connectivity index (χ1) is 18.4. The number of halogens is 6. The number of likely N-dealkylation sites (tertiary alicyclic amines) is 1. The van der Waals surface area contributed by atoms with Crippen LogP contribution in [0.5, 0.6) is 5.75 Å². The molecule has 2 amide bonds. The van der Waals surface area contributed by atoms with Crippen molar-refractivity contribution in [3.05, 3.63) is 76.1 Å². The summed E-state index contributed by atoms with van der Waals surface area (Å²) in [6.45, 7) is 3.88. The van der Waals surface area contributed by atoms with Crippen molar-refractivity contribution in [2.24, 2.45) is 5.16 Å². The molecular weight excluding hydrogens is 547 g/mol. The zero-order valence-electron chi connectivity index (χ0n) is 20.7. The number of alkyl halides is 3. The van der Waals surface area contributed by atoms with Crippen molar-refractivity contribution in [2.45, 2.75) is 38.8 Å². The maximum atomic E-state index is 13.9. The van der Waals surface area contributed by atoms with Gasteiger partial charge in [-0.05, 0) is 38.8 Å². The Morgan fingerprint density at radius 1 is 1.15 bits per heavy atom. The Kier molecular flexibility index (Phi) is 8.28. The molecule has 0 bridgehead atoms. The lowest BCUT2D eigenvalue weighted by atomic mass is 9.90. The number of pyridine rings is 1. The average Bonchev–Trinajstić information content (AvgIpc) is 2.88. The van der Waals surface area contributed by atoms with E-state index in [9.17, 15) is 26.7 Å². The monoisotopic (exact) mass is 568 g/mol. The van der Waals surface area contributed by atoms with Crippen LogP contribution in [0.25, 0.3) is 0 Å². The van der Waals surface area contributed by atoms with Gasteiger partial charge in [0.15, 0.2) is 5.75 Å². The molecule has 1 aliphatic heterocycles. The van der Waals surface area contributed by atoms with E-state index in [1.165, 1.54) is 11.0 Å². The van der Waals surface area contributed by atoms with Crippen molar-refractivity contribution in [3.63, 3.8) is 0 Å². The van der Waals surface area contributed by atoms with E-state index < -0.39 is 40.4 Å². The molecule has 1 N–H and O–H groups in total. The molecule has 1 saturated heterocycles. The Bertz CT molecular complexity index is 1390. The van der Waals surface area contributed by atoms with Gasteiger partial charge in [-0.1, -0.05) is 22.8 Å². The van der Waals surface area contributed by atoms with E-state index in [4.69, 9.17) is 16.4 Å². The summed E-state index contributed by atoms with van der Waals surface area (Å²) in [5.74, 6) is -1.62. The predicted octanol–water partition coefficient (Wildman–Crippen LogP) is 6.34. The number of hydrogen-bond donors (Lipinski definition) is 1. The van der Waals surface area contributed by atoms with Gasteiger partial charge in [0.05, 0.1) is 11.4 Å². The largest absolute Gasteiger partial charge is 0.433 e. The number of oxime groups is 1.